The van der Waals surface area contributed by atoms with E-state index < -0.39 is 0 Å². The van der Waals surface area contributed by atoms with Gasteiger partial charge in [0.05, 0.1) is 13.7 Å². The highest BCUT2D eigenvalue weighted by Gasteiger charge is 2.25. The van der Waals surface area contributed by atoms with E-state index in [0.29, 0.717) is 22.7 Å². The lowest BCUT2D eigenvalue weighted by molar-refractivity contribution is -0.115. The highest BCUT2D eigenvalue weighted by Crippen LogP contribution is 2.38. The molecular weight excluding hydrogens is 412 g/mol. The second-order valence-electron chi connectivity index (χ2n) is 6.49. The molecule has 2 aromatic carbocycles. The fraction of sp³-hybridized carbons (Fsp3) is 0.300. The molecule has 2 amide bonds. The minimum atomic E-state index is -0.335. The van der Waals surface area contributed by atoms with Crippen molar-refractivity contribution in [3.63, 3.8) is 0 Å². The zero-order chi connectivity index (χ0) is 19.6. The Labute approximate surface area is 166 Å². The molecule has 0 aliphatic carbocycles. The number of anilines is 1. The summed E-state index contributed by atoms with van der Waals surface area (Å²) in [6.07, 6.45) is 0.767. The molecule has 0 bridgehead atoms. The summed E-state index contributed by atoms with van der Waals surface area (Å²) < 4.78 is 12.0. The lowest BCUT2D eigenvalue weighted by atomic mass is 10.1. The van der Waals surface area contributed by atoms with Crippen LogP contribution >= 0.6 is 15.9 Å². The molecular formula is C20H21BrN2O4. The highest BCUT2D eigenvalue weighted by atomic mass is 79.9. The molecule has 0 saturated heterocycles. The van der Waals surface area contributed by atoms with E-state index in [1.54, 1.807) is 12.1 Å². The number of fused-ring (bicyclic) bond motifs is 1. The van der Waals surface area contributed by atoms with Gasteiger partial charge in [-0.1, -0.05) is 15.9 Å². The maximum absolute atomic E-state index is 12.5. The van der Waals surface area contributed by atoms with Crippen molar-refractivity contribution in [1.29, 1.82) is 0 Å². The number of hydrogen-bond donors (Lipinski definition) is 2. The van der Waals surface area contributed by atoms with Crippen LogP contribution in [0.1, 0.15) is 28.4 Å². The lowest BCUT2D eigenvalue weighted by Gasteiger charge is -2.12. The number of hydrogen-bond acceptors (Lipinski definition) is 4. The molecule has 2 aromatic rings. The molecule has 6 nitrogen and oxygen atoms in total. The SMILES string of the molecule is COc1cc(C(=O)NCC(=O)Nc2ccc(Br)cc2C)cc2c1OC(C)C2. The molecule has 7 heteroatoms. The Morgan fingerprint density at radius 2 is 2.07 bits per heavy atom. The average Bonchev–Trinajstić information content (AvgIpc) is 3.01. The number of ether oxygens (including phenoxy) is 2. The van der Waals surface area contributed by atoms with E-state index in [2.05, 4.69) is 26.6 Å². The van der Waals surface area contributed by atoms with Crippen LogP contribution in [0.5, 0.6) is 11.5 Å². The lowest BCUT2D eigenvalue weighted by Crippen LogP contribution is -2.33. The molecule has 0 spiro atoms. The first-order valence-corrected chi connectivity index (χ1v) is 9.38. The molecule has 1 aliphatic heterocycles. The van der Waals surface area contributed by atoms with Gasteiger partial charge < -0.3 is 20.1 Å². The summed E-state index contributed by atoms with van der Waals surface area (Å²) in [5.74, 6) is 0.583. The second kappa shape index (κ2) is 8.00. The number of aryl methyl sites for hydroxylation is 1. The molecule has 1 heterocycles. The third kappa shape index (κ3) is 4.42. The van der Waals surface area contributed by atoms with Gasteiger partial charge in [-0.05, 0) is 49.7 Å². The number of benzene rings is 2. The molecule has 1 unspecified atom stereocenters. The summed E-state index contributed by atoms with van der Waals surface area (Å²) in [7, 11) is 1.54. The van der Waals surface area contributed by atoms with E-state index in [0.717, 1.165) is 22.0 Å². The fourth-order valence-corrected chi connectivity index (χ4v) is 3.48. The van der Waals surface area contributed by atoms with E-state index >= 15 is 0 Å². The molecule has 0 aromatic heterocycles. The maximum Gasteiger partial charge on any atom is 0.251 e. The fourth-order valence-electron chi connectivity index (χ4n) is 3.00. The summed E-state index contributed by atoms with van der Waals surface area (Å²) in [6, 6.07) is 8.98. The zero-order valence-corrected chi connectivity index (χ0v) is 17.0. The predicted octanol–water partition coefficient (Wildman–Crippen LogP) is 3.46. The van der Waals surface area contributed by atoms with Crippen LogP contribution in [0.15, 0.2) is 34.8 Å². The van der Waals surface area contributed by atoms with Gasteiger partial charge in [-0.25, -0.2) is 0 Å². The first-order valence-electron chi connectivity index (χ1n) is 8.59. The van der Waals surface area contributed by atoms with E-state index in [-0.39, 0.29) is 24.5 Å². The molecule has 0 radical (unpaired) electrons. The van der Waals surface area contributed by atoms with Gasteiger partial charge in [0, 0.05) is 27.7 Å². The van der Waals surface area contributed by atoms with Crippen LogP contribution in [-0.2, 0) is 11.2 Å². The largest absolute Gasteiger partial charge is 0.493 e. The number of amides is 2. The van der Waals surface area contributed by atoms with Crippen molar-refractivity contribution in [3.05, 3.63) is 51.5 Å². The van der Waals surface area contributed by atoms with Crippen molar-refractivity contribution in [2.45, 2.75) is 26.4 Å². The molecule has 1 aliphatic rings. The normalized spacial score (nSPS) is 14.9. The van der Waals surface area contributed by atoms with Gasteiger partial charge in [0.15, 0.2) is 11.5 Å². The van der Waals surface area contributed by atoms with E-state index in [1.165, 1.54) is 7.11 Å². The van der Waals surface area contributed by atoms with E-state index in [1.807, 2.05) is 32.0 Å². The Morgan fingerprint density at radius 3 is 2.78 bits per heavy atom. The monoisotopic (exact) mass is 432 g/mol. The molecule has 0 saturated carbocycles. The number of methoxy groups -OCH3 is 1. The standard InChI is InChI=1S/C20H21BrN2O4/c1-11-6-15(21)4-5-16(11)23-18(24)10-22-20(25)14-8-13-7-12(2)27-19(13)17(9-14)26-3/h4-6,8-9,12H,7,10H2,1-3H3,(H,22,25)(H,23,24). The summed E-state index contributed by atoms with van der Waals surface area (Å²) >= 11 is 3.39. The van der Waals surface area contributed by atoms with Gasteiger partial charge in [0.25, 0.3) is 5.91 Å². The van der Waals surface area contributed by atoms with E-state index in [9.17, 15) is 9.59 Å². The minimum Gasteiger partial charge on any atom is -0.493 e. The van der Waals surface area contributed by atoms with Crippen molar-refractivity contribution >= 4 is 33.4 Å². The molecule has 142 valence electrons. The average molecular weight is 433 g/mol. The molecule has 3 rings (SSSR count). The maximum atomic E-state index is 12.5. The predicted molar refractivity (Wildman–Crippen MR) is 107 cm³/mol. The summed E-state index contributed by atoms with van der Waals surface area (Å²) in [5, 5.41) is 5.44. The summed E-state index contributed by atoms with van der Waals surface area (Å²) in [6.45, 7) is 3.74. The van der Waals surface area contributed by atoms with Gasteiger partial charge in [0.1, 0.15) is 6.10 Å². The van der Waals surface area contributed by atoms with Crippen LogP contribution in [-0.4, -0.2) is 31.6 Å². The Morgan fingerprint density at radius 1 is 1.30 bits per heavy atom. The Balaban J connectivity index is 1.64. The van der Waals surface area contributed by atoms with Crippen LogP contribution in [0.4, 0.5) is 5.69 Å². The van der Waals surface area contributed by atoms with Crippen molar-refractivity contribution in [2.24, 2.45) is 0 Å². The minimum absolute atomic E-state index is 0.0483. The first kappa shape index (κ1) is 19.2. The van der Waals surface area contributed by atoms with Gasteiger partial charge >= 0.3 is 0 Å². The summed E-state index contributed by atoms with van der Waals surface area (Å²) in [4.78, 5) is 24.6. The number of rotatable bonds is 5. The van der Waals surface area contributed by atoms with Crippen LogP contribution in [0.25, 0.3) is 0 Å². The Kier molecular flexibility index (Phi) is 5.70. The second-order valence-corrected chi connectivity index (χ2v) is 7.41. The van der Waals surface area contributed by atoms with Crippen LogP contribution < -0.4 is 20.1 Å². The van der Waals surface area contributed by atoms with Crippen LogP contribution in [0.2, 0.25) is 0 Å². The highest BCUT2D eigenvalue weighted by molar-refractivity contribution is 9.10. The Hall–Kier alpha value is -2.54. The van der Waals surface area contributed by atoms with Crippen molar-refractivity contribution < 1.29 is 19.1 Å². The van der Waals surface area contributed by atoms with Crippen LogP contribution in [0, 0.1) is 6.92 Å². The molecule has 0 fully saturated rings. The number of nitrogens with one attached hydrogen (secondary N) is 2. The molecule has 27 heavy (non-hydrogen) atoms. The number of carbonyl (C=O) groups excluding carboxylic acids is 2. The smallest absolute Gasteiger partial charge is 0.251 e. The van der Waals surface area contributed by atoms with Gasteiger partial charge in [0.2, 0.25) is 5.91 Å². The van der Waals surface area contributed by atoms with Crippen LogP contribution in [0.3, 0.4) is 0 Å². The third-order valence-electron chi connectivity index (χ3n) is 4.31. The Bertz CT molecular complexity index is 898. The van der Waals surface area contributed by atoms with Crippen molar-refractivity contribution in [3.8, 4) is 11.5 Å². The van der Waals surface area contributed by atoms with Gasteiger partial charge in [-0.15, -0.1) is 0 Å². The first-order chi connectivity index (χ1) is 12.9. The van der Waals surface area contributed by atoms with Gasteiger partial charge in [-0.2, -0.15) is 0 Å². The molecule has 2 N–H and O–H groups in total. The van der Waals surface area contributed by atoms with Crippen molar-refractivity contribution in [2.75, 3.05) is 19.0 Å². The number of halogens is 1. The third-order valence-corrected chi connectivity index (χ3v) is 4.81. The van der Waals surface area contributed by atoms with E-state index in [4.69, 9.17) is 9.47 Å². The topological polar surface area (TPSA) is 76.7 Å². The molecule has 1 atom stereocenters. The van der Waals surface area contributed by atoms with Crippen molar-refractivity contribution in [1.82, 2.24) is 5.32 Å². The number of carbonyl (C=O) groups is 2. The summed E-state index contributed by atoms with van der Waals surface area (Å²) in [5.41, 5.74) is 3.02. The van der Waals surface area contributed by atoms with Gasteiger partial charge in [-0.3, -0.25) is 9.59 Å². The zero-order valence-electron chi connectivity index (χ0n) is 15.4. The quantitative estimate of drug-likeness (QED) is 0.758.